The number of nitrogens with one attached hydrogen (secondary N) is 1. The Morgan fingerprint density at radius 1 is 1.00 bits per heavy atom. The molecule has 5 heteroatoms. The summed E-state index contributed by atoms with van der Waals surface area (Å²) in [5.41, 5.74) is 2.18. The Hall–Kier alpha value is -3.57. The fourth-order valence-electron chi connectivity index (χ4n) is 3.40. The van der Waals surface area contributed by atoms with Gasteiger partial charge in [0.05, 0.1) is 13.7 Å². The van der Waals surface area contributed by atoms with E-state index >= 15 is 0 Å². The SMILES string of the molecule is COc1cccc2cc(C(=O)NC[C@@](C)(O)c3ccc(-c4ccccc4)cc3)oc12. The average molecular weight is 401 g/mol. The van der Waals surface area contributed by atoms with Crippen molar-refractivity contribution in [1.82, 2.24) is 5.32 Å². The van der Waals surface area contributed by atoms with Gasteiger partial charge in [0.2, 0.25) is 0 Å². The van der Waals surface area contributed by atoms with Gasteiger partial charge in [-0.1, -0.05) is 66.7 Å². The predicted octanol–water partition coefficient (Wildman–Crippen LogP) is 4.75. The second-order valence-electron chi connectivity index (χ2n) is 7.39. The van der Waals surface area contributed by atoms with Crippen LogP contribution in [0.1, 0.15) is 23.0 Å². The first kappa shape index (κ1) is 19.7. The number of carbonyl (C=O) groups excluding carboxylic acids is 1. The third-order valence-electron chi connectivity index (χ3n) is 5.16. The molecule has 4 rings (SSSR count). The van der Waals surface area contributed by atoms with Crippen LogP contribution in [0.5, 0.6) is 5.75 Å². The monoisotopic (exact) mass is 401 g/mol. The van der Waals surface area contributed by atoms with Crippen LogP contribution >= 0.6 is 0 Å². The maximum absolute atomic E-state index is 12.6. The van der Waals surface area contributed by atoms with Gasteiger partial charge in [0.25, 0.3) is 5.91 Å². The molecule has 0 saturated carbocycles. The number of hydrogen-bond acceptors (Lipinski definition) is 4. The minimum absolute atomic E-state index is 0.0463. The maximum Gasteiger partial charge on any atom is 0.287 e. The number of fused-ring (bicyclic) bond motifs is 1. The first-order chi connectivity index (χ1) is 14.5. The van der Waals surface area contributed by atoms with E-state index in [2.05, 4.69) is 5.32 Å². The minimum atomic E-state index is -1.23. The van der Waals surface area contributed by atoms with Crippen molar-refractivity contribution in [3.63, 3.8) is 0 Å². The summed E-state index contributed by atoms with van der Waals surface area (Å²) in [7, 11) is 1.55. The lowest BCUT2D eigenvalue weighted by Crippen LogP contribution is -2.38. The van der Waals surface area contributed by atoms with E-state index in [1.807, 2.05) is 66.7 Å². The Balaban J connectivity index is 1.46. The predicted molar refractivity (Wildman–Crippen MR) is 117 cm³/mol. The van der Waals surface area contributed by atoms with Gasteiger partial charge in [-0.2, -0.15) is 0 Å². The van der Waals surface area contributed by atoms with Crippen molar-refractivity contribution in [3.05, 3.63) is 90.2 Å². The van der Waals surface area contributed by atoms with Crippen molar-refractivity contribution < 1.29 is 19.1 Å². The number of amides is 1. The van der Waals surface area contributed by atoms with Crippen LogP contribution in [0.25, 0.3) is 22.1 Å². The zero-order valence-electron chi connectivity index (χ0n) is 16.9. The lowest BCUT2D eigenvalue weighted by atomic mass is 9.93. The molecule has 0 bridgehead atoms. The third kappa shape index (κ3) is 3.93. The van der Waals surface area contributed by atoms with E-state index in [0.29, 0.717) is 16.9 Å². The van der Waals surface area contributed by atoms with Crippen molar-refractivity contribution in [1.29, 1.82) is 0 Å². The molecule has 1 atom stereocenters. The van der Waals surface area contributed by atoms with Crippen LogP contribution in [0, 0.1) is 0 Å². The molecule has 0 unspecified atom stereocenters. The Kier molecular flexibility index (Phi) is 5.29. The molecule has 4 aromatic rings. The lowest BCUT2D eigenvalue weighted by molar-refractivity contribution is 0.0519. The summed E-state index contributed by atoms with van der Waals surface area (Å²) >= 11 is 0. The number of benzene rings is 3. The second-order valence-corrected chi connectivity index (χ2v) is 7.39. The minimum Gasteiger partial charge on any atom is -0.493 e. The Labute approximate surface area is 174 Å². The number of aliphatic hydroxyl groups is 1. The van der Waals surface area contributed by atoms with Gasteiger partial charge < -0.3 is 19.6 Å². The molecule has 0 aliphatic rings. The number of rotatable bonds is 6. The van der Waals surface area contributed by atoms with Gasteiger partial charge in [0, 0.05) is 5.39 Å². The van der Waals surface area contributed by atoms with E-state index in [4.69, 9.17) is 9.15 Å². The van der Waals surface area contributed by atoms with E-state index in [-0.39, 0.29) is 12.3 Å². The van der Waals surface area contributed by atoms with Crippen LogP contribution in [0.3, 0.4) is 0 Å². The standard InChI is InChI=1S/C25H23NO4/c1-25(28,20-13-11-18(12-14-20)17-7-4-3-5-8-17)16-26-24(27)22-15-19-9-6-10-21(29-2)23(19)30-22/h3-15,28H,16H2,1-2H3,(H,26,27)/t25-/m1/s1. The summed E-state index contributed by atoms with van der Waals surface area (Å²) in [6.07, 6.45) is 0. The largest absolute Gasteiger partial charge is 0.493 e. The Morgan fingerprint density at radius 3 is 2.40 bits per heavy atom. The molecule has 0 fully saturated rings. The van der Waals surface area contributed by atoms with Crippen molar-refractivity contribution in [3.8, 4) is 16.9 Å². The molecule has 1 aromatic heterocycles. The molecule has 3 aromatic carbocycles. The molecule has 152 valence electrons. The van der Waals surface area contributed by atoms with E-state index in [9.17, 15) is 9.90 Å². The molecule has 0 aliphatic heterocycles. The summed E-state index contributed by atoms with van der Waals surface area (Å²) < 4.78 is 10.9. The highest BCUT2D eigenvalue weighted by molar-refractivity contribution is 5.97. The fraction of sp³-hybridized carbons (Fsp3) is 0.160. The first-order valence-corrected chi connectivity index (χ1v) is 9.71. The quantitative estimate of drug-likeness (QED) is 0.489. The number of methoxy groups -OCH3 is 1. The van der Waals surface area contributed by atoms with Crippen LogP contribution in [0.4, 0.5) is 0 Å². The lowest BCUT2D eigenvalue weighted by Gasteiger charge is -2.24. The van der Waals surface area contributed by atoms with Gasteiger partial charge in [-0.15, -0.1) is 0 Å². The van der Waals surface area contributed by atoms with Crippen molar-refractivity contribution in [2.75, 3.05) is 13.7 Å². The molecule has 0 spiro atoms. The third-order valence-corrected chi connectivity index (χ3v) is 5.16. The van der Waals surface area contributed by atoms with Crippen LogP contribution in [-0.4, -0.2) is 24.7 Å². The summed E-state index contributed by atoms with van der Waals surface area (Å²) in [4.78, 5) is 12.6. The second kappa shape index (κ2) is 8.05. The summed E-state index contributed by atoms with van der Waals surface area (Å²) in [5.74, 6) is 0.344. The van der Waals surface area contributed by atoms with Crippen LogP contribution in [-0.2, 0) is 5.60 Å². The van der Waals surface area contributed by atoms with E-state index in [0.717, 1.165) is 16.5 Å². The number of furan rings is 1. The molecule has 0 saturated heterocycles. The molecular weight excluding hydrogens is 378 g/mol. The van der Waals surface area contributed by atoms with E-state index < -0.39 is 11.5 Å². The Bertz CT molecular complexity index is 1160. The Morgan fingerprint density at radius 2 is 1.70 bits per heavy atom. The van der Waals surface area contributed by atoms with Crippen LogP contribution < -0.4 is 10.1 Å². The molecule has 0 aliphatic carbocycles. The van der Waals surface area contributed by atoms with Gasteiger partial charge in [-0.05, 0) is 35.7 Å². The van der Waals surface area contributed by atoms with Gasteiger partial charge in [0.15, 0.2) is 17.1 Å². The molecule has 5 nitrogen and oxygen atoms in total. The number of hydrogen-bond donors (Lipinski definition) is 2. The van der Waals surface area contributed by atoms with Gasteiger partial charge >= 0.3 is 0 Å². The van der Waals surface area contributed by atoms with Crippen LogP contribution in [0.2, 0.25) is 0 Å². The molecular formula is C25H23NO4. The summed E-state index contributed by atoms with van der Waals surface area (Å²) in [5, 5.41) is 14.4. The maximum atomic E-state index is 12.6. The van der Waals surface area contributed by atoms with Crippen molar-refractivity contribution >= 4 is 16.9 Å². The van der Waals surface area contributed by atoms with E-state index in [1.54, 1.807) is 26.2 Å². The highest BCUT2D eigenvalue weighted by Crippen LogP contribution is 2.29. The highest BCUT2D eigenvalue weighted by atomic mass is 16.5. The molecule has 0 radical (unpaired) electrons. The smallest absolute Gasteiger partial charge is 0.287 e. The topological polar surface area (TPSA) is 71.7 Å². The zero-order valence-corrected chi connectivity index (χ0v) is 16.9. The number of ether oxygens (including phenoxy) is 1. The van der Waals surface area contributed by atoms with Crippen molar-refractivity contribution in [2.45, 2.75) is 12.5 Å². The summed E-state index contributed by atoms with van der Waals surface area (Å²) in [6, 6.07) is 24.8. The van der Waals surface area contributed by atoms with Gasteiger partial charge in [-0.25, -0.2) is 0 Å². The van der Waals surface area contributed by atoms with E-state index in [1.165, 1.54) is 0 Å². The van der Waals surface area contributed by atoms with Gasteiger partial charge in [0.1, 0.15) is 5.60 Å². The molecule has 1 heterocycles. The van der Waals surface area contributed by atoms with Gasteiger partial charge in [-0.3, -0.25) is 4.79 Å². The van der Waals surface area contributed by atoms with Crippen molar-refractivity contribution in [2.24, 2.45) is 0 Å². The van der Waals surface area contributed by atoms with Crippen LogP contribution in [0.15, 0.2) is 83.3 Å². The zero-order chi connectivity index (χ0) is 21.1. The molecule has 1 amide bonds. The molecule has 2 N–H and O–H groups in total. The molecule has 30 heavy (non-hydrogen) atoms. The number of para-hydroxylation sites is 1. The summed E-state index contributed by atoms with van der Waals surface area (Å²) in [6.45, 7) is 1.72. The highest BCUT2D eigenvalue weighted by Gasteiger charge is 2.25. The average Bonchev–Trinajstić information content (AvgIpc) is 3.23. The normalized spacial score (nSPS) is 13.0. The fourth-order valence-corrected chi connectivity index (χ4v) is 3.40. The first-order valence-electron chi connectivity index (χ1n) is 9.71. The number of carbonyl (C=O) groups is 1.